The van der Waals surface area contributed by atoms with Crippen molar-refractivity contribution in [2.75, 3.05) is 11.9 Å². The van der Waals surface area contributed by atoms with Gasteiger partial charge in [0.05, 0.1) is 4.91 Å². The standard InChI is InChI=1S/C18H14ClN3O3S/c1-11-4-5-13(8-14(11)19)21-16(23)10-22-17(24)15(26-18(22)25)7-12-3-2-6-20-9-12/h2-9H,10H2,1H3,(H,21,23)/b15-7+. The average molecular weight is 388 g/mol. The summed E-state index contributed by atoms with van der Waals surface area (Å²) in [5.41, 5.74) is 2.09. The number of amides is 3. The van der Waals surface area contributed by atoms with Crippen LogP contribution in [0, 0.1) is 6.92 Å². The van der Waals surface area contributed by atoms with Crippen LogP contribution in [0.4, 0.5) is 10.5 Å². The van der Waals surface area contributed by atoms with Crippen molar-refractivity contribution in [2.24, 2.45) is 0 Å². The number of aromatic nitrogens is 1. The van der Waals surface area contributed by atoms with Crippen LogP contribution in [0.25, 0.3) is 6.08 Å². The van der Waals surface area contributed by atoms with Crippen molar-refractivity contribution in [3.8, 4) is 0 Å². The highest BCUT2D eigenvalue weighted by Crippen LogP contribution is 2.32. The van der Waals surface area contributed by atoms with Gasteiger partial charge < -0.3 is 5.32 Å². The Hall–Kier alpha value is -2.64. The first kappa shape index (κ1) is 18.2. The fourth-order valence-corrected chi connectivity index (χ4v) is 3.28. The van der Waals surface area contributed by atoms with Gasteiger partial charge in [0, 0.05) is 23.1 Å². The van der Waals surface area contributed by atoms with Gasteiger partial charge in [-0.25, -0.2) is 0 Å². The molecule has 0 aliphatic carbocycles. The second kappa shape index (κ2) is 7.72. The van der Waals surface area contributed by atoms with Crippen LogP contribution in [-0.2, 0) is 9.59 Å². The molecule has 1 aromatic heterocycles. The number of pyridine rings is 1. The lowest BCUT2D eigenvalue weighted by molar-refractivity contribution is -0.127. The Balaban J connectivity index is 1.68. The molecular weight excluding hydrogens is 374 g/mol. The summed E-state index contributed by atoms with van der Waals surface area (Å²) in [6, 6.07) is 8.60. The molecular formula is C18H14ClN3O3S. The van der Waals surface area contributed by atoms with E-state index in [1.807, 2.05) is 6.92 Å². The van der Waals surface area contributed by atoms with Gasteiger partial charge in [-0.1, -0.05) is 23.7 Å². The summed E-state index contributed by atoms with van der Waals surface area (Å²) in [6.45, 7) is 1.49. The molecule has 2 aromatic rings. The highest BCUT2D eigenvalue weighted by Gasteiger charge is 2.36. The number of nitrogens with one attached hydrogen (secondary N) is 1. The minimum atomic E-state index is -0.499. The molecule has 26 heavy (non-hydrogen) atoms. The number of benzene rings is 1. The maximum atomic E-state index is 12.4. The van der Waals surface area contributed by atoms with Crippen LogP contribution < -0.4 is 5.32 Å². The number of carbonyl (C=O) groups is 3. The van der Waals surface area contributed by atoms with Gasteiger partial charge in [-0.15, -0.1) is 0 Å². The van der Waals surface area contributed by atoms with Crippen molar-refractivity contribution in [1.29, 1.82) is 0 Å². The van der Waals surface area contributed by atoms with Crippen LogP contribution in [0.1, 0.15) is 11.1 Å². The third-order valence-corrected chi connectivity index (χ3v) is 4.93. The normalized spacial score (nSPS) is 15.6. The zero-order chi connectivity index (χ0) is 18.7. The Morgan fingerprint density at radius 2 is 2.15 bits per heavy atom. The van der Waals surface area contributed by atoms with Crippen LogP contribution in [0.15, 0.2) is 47.6 Å². The van der Waals surface area contributed by atoms with Gasteiger partial charge >= 0.3 is 0 Å². The van der Waals surface area contributed by atoms with E-state index in [2.05, 4.69) is 10.3 Å². The van der Waals surface area contributed by atoms with Crippen LogP contribution in [0.2, 0.25) is 5.02 Å². The van der Waals surface area contributed by atoms with E-state index in [0.717, 1.165) is 22.2 Å². The van der Waals surface area contributed by atoms with E-state index >= 15 is 0 Å². The number of halogens is 1. The molecule has 1 fully saturated rings. The van der Waals surface area contributed by atoms with Gasteiger partial charge in [0.25, 0.3) is 11.1 Å². The zero-order valence-corrected chi connectivity index (χ0v) is 15.3. The first-order chi connectivity index (χ1) is 12.4. The number of thioether (sulfide) groups is 1. The molecule has 6 nitrogen and oxygen atoms in total. The summed E-state index contributed by atoms with van der Waals surface area (Å²) < 4.78 is 0. The number of hydrogen-bond donors (Lipinski definition) is 1. The van der Waals surface area contributed by atoms with Crippen molar-refractivity contribution in [3.63, 3.8) is 0 Å². The first-order valence-electron chi connectivity index (χ1n) is 7.65. The van der Waals surface area contributed by atoms with Gasteiger partial charge in [0.15, 0.2) is 0 Å². The Morgan fingerprint density at radius 1 is 1.35 bits per heavy atom. The Morgan fingerprint density at radius 3 is 2.85 bits per heavy atom. The predicted molar refractivity (Wildman–Crippen MR) is 102 cm³/mol. The van der Waals surface area contributed by atoms with Gasteiger partial charge in [0.1, 0.15) is 6.54 Å². The largest absolute Gasteiger partial charge is 0.324 e. The zero-order valence-electron chi connectivity index (χ0n) is 13.7. The van der Waals surface area contributed by atoms with Gasteiger partial charge in [-0.05, 0) is 54.1 Å². The van der Waals surface area contributed by atoms with Crippen molar-refractivity contribution < 1.29 is 14.4 Å². The Kier molecular flexibility index (Phi) is 5.39. The maximum Gasteiger partial charge on any atom is 0.294 e. The summed E-state index contributed by atoms with van der Waals surface area (Å²) in [5.74, 6) is -0.976. The number of hydrogen-bond acceptors (Lipinski definition) is 5. The quantitative estimate of drug-likeness (QED) is 0.809. The SMILES string of the molecule is Cc1ccc(NC(=O)CN2C(=O)S/C(=C/c3cccnc3)C2=O)cc1Cl. The molecule has 0 saturated carbocycles. The smallest absolute Gasteiger partial charge is 0.294 e. The second-order valence-electron chi connectivity index (χ2n) is 5.57. The van der Waals surface area contributed by atoms with Crippen LogP contribution in [0.5, 0.6) is 0 Å². The molecule has 8 heteroatoms. The number of anilines is 1. The number of nitrogens with zero attached hydrogens (tertiary/aromatic N) is 2. The summed E-state index contributed by atoms with van der Waals surface area (Å²) in [6.07, 6.45) is 4.78. The van der Waals surface area contributed by atoms with Crippen LogP contribution >= 0.6 is 23.4 Å². The minimum Gasteiger partial charge on any atom is -0.324 e. The van der Waals surface area contributed by atoms with Gasteiger partial charge in [-0.2, -0.15) is 0 Å². The predicted octanol–water partition coefficient (Wildman–Crippen LogP) is 3.72. The molecule has 3 amide bonds. The van der Waals surface area contributed by atoms with Crippen molar-refractivity contribution in [3.05, 3.63) is 63.8 Å². The fraction of sp³-hybridized carbons (Fsp3) is 0.111. The maximum absolute atomic E-state index is 12.4. The summed E-state index contributed by atoms with van der Waals surface area (Å²) in [7, 11) is 0. The van der Waals surface area contributed by atoms with Crippen molar-refractivity contribution >= 4 is 52.2 Å². The third kappa shape index (κ3) is 4.12. The number of carbonyl (C=O) groups excluding carboxylic acids is 3. The molecule has 2 heterocycles. The molecule has 1 saturated heterocycles. The molecule has 0 unspecified atom stereocenters. The molecule has 3 rings (SSSR count). The topological polar surface area (TPSA) is 79.4 Å². The second-order valence-corrected chi connectivity index (χ2v) is 6.97. The van der Waals surface area contributed by atoms with Crippen molar-refractivity contribution in [1.82, 2.24) is 9.88 Å². The van der Waals surface area contributed by atoms with E-state index in [1.54, 1.807) is 48.8 Å². The van der Waals surface area contributed by atoms with E-state index in [0.29, 0.717) is 16.3 Å². The molecule has 1 N–H and O–H groups in total. The van der Waals surface area contributed by atoms with Gasteiger partial charge in [-0.3, -0.25) is 24.3 Å². The van der Waals surface area contributed by atoms with E-state index in [4.69, 9.17) is 11.6 Å². The molecule has 0 atom stereocenters. The summed E-state index contributed by atoms with van der Waals surface area (Å²) in [4.78, 5) is 41.8. The minimum absolute atomic E-state index is 0.259. The van der Waals surface area contributed by atoms with Crippen molar-refractivity contribution in [2.45, 2.75) is 6.92 Å². The van der Waals surface area contributed by atoms with Gasteiger partial charge in [0.2, 0.25) is 5.91 Å². The number of aryl methyl sites for hydroxylation is 1. The highest BCUT2D eigenvalue weighted by atomic mass is 35.5. The van der Waals surface area contributed by atoms with E-state index in [-0.39, 0.29) is 11.4 Å². The monoisotopic (exact) mass is 387 g/mol. The molecule has 132 valence electrons. The molecule has 0 spiro atoms. The fourth-order valence-electron chi connectivity index (χ4n) is 2.26. The molecule has 1 aliphatic rings. The Labute approximate surface area is 159 Å². The highest BCUT2D eigenvalue weighted by molar-refractivity contribution is 8.18. The van der Waals surface area contributed by atoms with E-state index < -0.39 is 17.1 Å². The lowest BCUT2D eigenvalue weighted by Crippen LogP contribution is -2.36. The number of rotatable bonds is 4. The molecule has 0 radical (unpaired) electrons. The third-order valence-electron chi connectivity index (χ3n) is 3.61. The van der Waals surface area contributed by atoms with E-state index in [9.17, 15) is 14.4 Å². The lowest BCUT2D eigenvalue weighted by atomic mass is 10.2. The van der Waals surface area contributed by atoms with Crippen LogP contribution in [-0.4, -0.2) is 33.5 Å². The first-order valence-corrected chi connectivity index (χ1v) is 8.85. The molecule has 0 bridgehead atoms. The Bertz CT molecular complexity index is 915. The summed E-state index contributed by atoms with van der Waals surface area (Å²) in [5, 5.41) is 2.67. The molecule has 1 aromatic carbocycles. The summed E-state index contributed by atoms with van der Waals surface area (Å²) >= 11 is 6.82. The van der Waals surface area contributed by atoms with Crippen LogP contribution in [0.3, 0.4) is 0 Å². The lowest BCUT2D eigenvalue weighted by Gasteiger charge is -2.12. The number of imide groups is 1. The van der Waals surface area contributed by atoms with E-state index in [1.165, 1.54) is 0 Å². The average Bonchev–Trinajstić information content (AvgIpc) is 2.86. The molecule has 1 aliphatic heterocycles.